The second-order valence-corrected chi connectivity index (χ2v) is 4.29. The van der Waals surface area contributed by atoms with E-state index in [0.717, 1.165) is 22.3 Å². The van der Waals surface area contributed by atoms with Crippen LogP contribution in [-0.2, 0) is 0 Å². The minimum absolute atomic E-state index is 0.963. The van der Waals surface area contributed by atoms with Crippen LogP contribution in [0.1, 0.15) is 11.1 Å². The molecule has 0 unspecified atom stereocenters. The van der Waals surface area contributed by atoms with Gasteiger partial charge in [0.05, 0.1) is 0 Å². The molecular weight excluding hydrogens is 276 g/mol. The van der Waals surface area contributed by atoms with Gasteiger partial charge in [0.25, 0.3) is 0 Å². The maximum absolute atomic E-state index is 8.21. The molecule has 6 nitrogen and oxygen atoms in total. The van der Waals surface area contributed by atoms with Crippen LogP contribution in [-0.4, -0.2) is 0 Å². The smallest absolute Gasteiger partial charge is 0.00475 e. The fourth-order valence-electron chi connectivity index (χ4n) is 1.87. The summed E-state index contributed by atoms with van der Waals surface area (Å²) in [6, 6.07) is 15.8. The van der Waals surface area contributed by atoms with Gasteiger partial charge in [-0.15, -0.1) is 0 Å². The van der Waals surface area contributed by atoms with Gasteiger partial charge in [-0.2, -0.15) is 0 Å². The standard InChI is InChI=1S/C16H12N6/c17-21-19-11-9-13-1-5-15(6-2-13)16-7-3-14(4-8-16)10-12-20-22-18/h1-12H/b11-9+,12-10+. The van der Waals surface area contributed by atoms with Crippen molar-refractivity contribution in [3.8, 4) is 11.1 Å². The predicted molar refractivity (Wildman–Crippen MR) is 88.2 cm³/mol. The summed E-state index contributed by atoms with van der Waals surface area (Å²) < 4.78 is 0. The predicted octanol–water partition coefficient (Wildman–Crippen LogP) is 5.92. The van der Waals surface area contributed by atoms with Crippen LogP contribution in [0.15, 0.2) is 71.2 Å². The first kappa shape index (κ1) is 14.9. The molecule has 2 rings (SSSR count). The molecule has 0 fully saturated rings. The highest BCUT2D eigenvalue weighted by molar-refractivity contribution is 5.67. The molecule has 0 heterocycles. The third-order valence-electron chi connectivity index (χ3n) is 2.93. The number of hydrogen-bond acceptors (Lipinski definition) is 2. The molecule has 0 radical (unpaired) electrons. The Labute approximate surface area is 127 Å². The zero-order valence-electron chi connectivity index (χ0n) is 11.6. The number of azide groups is 2. The van der Waals surface area contributed by atoms with Crippen molar-refractivity contribution in [3.05, 3.63) is 92.9 Å². The van der Waals surface area contributed by atoms with Crippen molar-refractivity contribution < 1.29 is 0 Å². The fraction of sp³-hybridized carbons (Fsp3) is 0. The molecule has 0 aliphatic carbocycles. The Hall–Kier alpha value is -3.46. The molecule has 22 heavy (non-hydrogen) atoms. The highest BCUT2D eigenvalue weighted by atomic mass is 15.1. The van der Waals surface area contributed by atoms with Crippen LogP contribution in [0, 0.1) is 0 Å². The Bertz CT molecular complexity index is 705. The molecule has 0 aromatic heterocycles. The maximum atomic E-state index is 8.21. The van der Waals surface area contributed by atoms with Gasteiger partial charge in [0.15, 0.2) is 0 Å². The first-order valence-corrected chi connectivity index (χ1v) is 6.45. The normalized spacial score (nSPS) is 10.4. The van der Waals surface area contributed by atoms with Crippen molar-refractivity contribution in [2.45, 2.75) is 0 Å². The SMILES string of the molecule is [N-]=[N+]=N/C=C/c1ccc(-c2ccc(/C=C/N=[N+]=[N-])cc2)cc1. The molecule has 0 saturated carbocycles. The summed E-state index contributed by atoms with van der Waals surface area (Å²) in [4.78, 5) is 5.31. The number of rotatable bonds is 5. The summed E-state index contributed by atoms with van der Waals surface area (Å²) in [6.07, 6.45) is 6.32. The Morgan fingerprint density at radius 1 is 0.636 bits per heavy atom. The maximum Gasteiger partial charge on any atom is 0.00475 e. The highest BCUT2D eigenvalue weighted by Gasteiger charge is 1.97. The van der Waals surface area contributed by atoms with Crippen LogP contribution >= 0.6 is 0 Å². The molecule has 0 bridgehead atoms. The van der Waals surface area contributed by atoms with Gasteiger partial charge in [0.2, 0.25) is 0 Å². The average molecular weight is 288 g/mol. The number of nitrogens with zero attached hydrogens (tertiary/aromatic N) is 6. The highest BCUT2D eigenvalue weighted by Crippen LogP contribution is 2.21. The van der Waals surface area contributed by atoms with Crippen LogP contribution in [0.4, 0.5) is 0 Å². The van der Waals surface area contributed by atoms with Crippen molar-refractivity contribution in [2.24, 2.45) is 10.2 Å². The van der Waals surface area contributed by atoms with Crippen molar-refractivity contribution in [1.82, 2.24) is 0 Å². The molecule has 6 heteroatoms. The summed E-state index contributed by atoms with van der Waals surface area (Å²) in [7, 11) is 0. The lowest BCUT2D eigenvalue weighted by Gasteiger charge is -2.03. The molecule has 0 aliphatic rings. The number of hydrogen-bond donors (Lipinski definition) is 0. The van der Waals surface area contributed by atoms with E-state index < -0.39 is 0 Å². The van der Waals surface area contributed by atoms with Gasteiger partial charge in [-0.25, -0.2) is 0 Å². The van der Waals surface area contributed by atoms with Crippen molar-refractivity contribution >= 4 is 12.2 Å². The second kappa shape index (κ2) is 7.97. The van der Waals surface area contributed by atoms with E-state index in [9.17, 15) is 0 Å². The van der Waals surface area contributed by atoms with E-state index in [2.05, 4.69) is 20.1 Å². The lowest BCUT2D eigenvalue weighted by molar-refractivity contribution is 1.51. The average Bonchev–Trinajstić information content (AvgIpc) is 2.57. The molecule has 2 aromatic carbocycles. The van der Waals surface area contributed by atoms with Crippen LogP contribution in [0.2, 0.25) is 0 Å². The molecule has 0 saturated heterocycles. The van der Waals surface area contributed by atoms with E-state index in [0.29, 0.717) is 0 Å². The first-order valence-electron chi connectivity index (χ1n) is 6.45. The van der Waals surface area contributed by atoms with E-state index in [1.54, 1.807) is 12.2 Å². The summed E-state index contributed by atoms with van der Waals surface area (Å²) in [5, 5.41) is 6.70. The molecule has 0 aliphatic heterocycles. The van der Waals surface area contributed by atoms with Crippen molar-refractivity contribution in [2.75, 3.05) is 0 Å². The molecule has 0 spiro atoms. The van der Waals surface area contributed by atoms with Crippen LogP contribution in [0.3, 0.4) is 0 Å². The molecular formula is C16H12N6. The summed E-state index contributed by atoms with van der Waals surface area (Å²) >= 11 is 0. The number of benzene rings is 2. The van der Waals surface area contributed by atoms with E-state index in [1.807, 2.05) is 48.5 Å². The van der Waals surface area contributed by atoms with Crippen molar-refractivity contribution in [1.29, 1.82) is 0 Å². The van der Waals surface area contributed by atoms with E-state index in [-0.39, 0.29) is 0 Å². The minimum atomic E-state index is 0.963. The topological polar surface area (TPSA) is 97.5 Å². The fourth-order valence-corrected chi connectivity index (χ4v) is 1.87. The van der Waals surface area contributed by atoms with E-state index in [1.165, 1.54) is 12.4 Å². The molecule has 0 amide bonds. The Balaban J connectivity index is 2.14. The van der Waals surface area contributed by atoms with Gasteiger partial charge in [-0.3, -0.25) is 0 Å². The van der Waals surface area contributed by atoms with Gasteiger partial charge < -0.3 is 0 Å². The quantitative estimate of drug-likeness (QED) is 0.371. The summed E-state index contributed by atoms with van der Waals surface area (Å²) in [5.74, 6) is 0. The molecule has 106 valence electrons. The molecule has 0 atom stereocenters. The minimum Gasteiger partial charge on any atom is -0.0686 e. The van der Waals surface area contributed by atoms with Crippen LogP contribution in [0.25, 0.3) is 44.2 Å². The Kier molecular flexibility index (Phi) is 5.41. The molecule has 0 N–H and O–H groups in total. The zero-order chi connectivity index (χ0) is 15.6. The van der Waals surface area contributed by atoms with Gasteiger partial charge in [-0.1, -0.05) is 70.9 Å². The second-order valence-electron chi connectivity index (χ2n) is 4.29. The largest absolute Gasteiger partial charge is 0.0686 e. The first-order chi connectivity index (χ1) is 10.8. The van der Waals surface area contributed by atoms with Crippen LogP contribution < -0.4 is 0 Å². The van der Waals surface area contributed by atoms with Crippen molar-refractivity contribution in [3.63, 3.8) is 0 Å². The van der Waals surface area contributed by atoms with E-state index >= 15 is 0 Å². The molecule has 2 aromatic rings. The van der Waals surface area contributed by atoms with Gasteiger partial charge >= 0.3 is 0 Å². The van der Waals surface area contributed by atoms with Gasteiger partial charge in [-0.05, 0) is 33.3 Å². The van der Waals surface area contributed by atoms with Gasteiger partial charge in [0, 0.05) is 22.2 Å². The summed E-state index contributed by atoms with van der Waals surface area (Å²) in [5.41, 5.74) is 20.5. The Morgan fingerprint density at radius 2 is 1.00 bits per heavy atom. The zero-order valence-corrected chi connectivity index (χ0v) is 11.6. The lowest BCUT2D eigenvalue weighted by atomic mass is 10.0. The third kappa shape index (κ3) is 4.28. The third-order valence-corrected chi connectivity index (χ3v) is 2.93. The lowest BCUT2D eigenvalue weighted by Crippen LogP contribution is -1.79. The monoisotopic (exact) mass is 288 g/mol. The van der Waals surface area contributed by atoms with Crippen LogP contribution in [0.5, 0.6) is 0 Å². The summed E-state index contributed by atoms with van der Waals surface area (Å²) in [6.45, 7) is 0. The van der Waals surface area contributed by atoms with Gasteiger partial charge in [0.1, 0.15) is 0 Å². The van der Waals surface area contributed by atoms with E-state index in [4.69, 9.17) is 11.1 Å². The Morgan fingerprint density at radius 3 is 1.32 bits per heavy atom.